The molecule has 3 aromatic rings. The van der Waals surface area contributed by atoms with Gasteiger partial charge in [-0.1, -0.05) is 18.2 Å². The first-order chi connectivity index (χ1) is 14.9. The third kappa shape index (κ3) is 5.34. The van der Waals surface area contributed by atoms with E-state index in [9.17, 15) is 13.6 Å². The maximum absolute atomic E-state index is 14.6. The lowest BCUT2D eigenvalue weighted by atomic mass is 10.1. The normalized spacial score (nSPS) is 10.3. The standard InChI is InChI=1S/C23H18F2N2O4/c1-3-29-19(28)12-15-6-4-8-17(10-15)30-22-20(24)14(2)21(25)23(27-22)31-18-9-5-7-16(11-18)13-26/h4-11H,3,12H2,1-2H3. The molecule has 1 heterocycles. The number of carbonyl (C=O) groups excluding carboxylic acids is 1. The molecule has 8 heteroatoms. The average Bonchev–Trinajstić information content (AvgIpc) is 2.76. The molecule has 0 aliphatic rings. The molecule has 2 aromatic carbocycles. The van der Waals surface area contributed by atoms with Crippen LogP contribution in [0.25, 0.3) is 0 Å². The van der Waals surface area contributed by atoms with Crippen molar-refractivity contribution < 1.29 is 27.8 Å². The van der Waals surface area contributed by atoms with E-state index in [1.165, 1.54) is 25.1 Å². The van der Waals surface area contributed by atoms with Gasteiger partial charge in [-0.2, -0.15) is 10.2 Å². The van der Waals surface area contributed by atoms with Gasteiger partial charge in [-0.25, -0.2) is 8.78 Å². The van der Waals surface area contributed by atoms with Crippen LogP contribution in [0.2, 0.25) is 0 Å². The molecule has 0 N–H and O–H groups in total. The van der Waals surface area contributed by atoms with Crippen molar-refractivity contribution in [2.45, 2.75) is 20.3 Å². The number of nitriles is 1. The van der Waals surface area contributed by atoms with E-state index in [-0.39, 0.29) is 30.1 Å². The zero-order chi connectivity index (χ0) is 22.4. The lowest BCUT2D eigenvalue weighted by Crippen LogP contribution is -2.07. The van der Waals surface area contributed by atoms with Crippen molar-refractivity contribution in [2.75, 3.05) is 6.61 Å². The first-order valence-corrected chi connectivity index (χ1v) is 9.37. The maximum atomic E-state index is 14.6. The number of hydrogen-bond donors (Lipinski definition) is 0. The highest BCUT2D eigenvalue weighted by atomic mass is 19.1. The van der Waals surface area contributed by atoms with Crippen LogP contribution in [-0.2, 0) is 16.0 Å². The maximum Gasteiger partial charge on any atom is 0.310 e. The molecule has 0 aliphatic carbocycles. The van der Waals surface area contributed by atoms with Crippen LogP contribution in [-0.4, -0.2) is 17.6 Å². The van der Waals surface area contributed by atoms with Gasteiger partial charge in [-0.3, -0.25) is 4.79 Å². The van der Waals surface area contributed by atoms with Gasteiger partial charge in [-0.15, -0.1) is 0 Å². The Bertz CT molecular complexity index is 1160. The number of halogens is 2. The topological polar surface area (TPSA) is 81.4 Å². The number of esters is 1. The molecule has 6 nitrogen and oxygen atoms in total. The number of nitrogens with zero attached hydrogens (tertiary/aromatic N) is 2. The number of carbonyl (C=O) groups is 1. The summed E-state index contributed by atoms with van der Waals surface area (Å²) in [6.45, 7) is 3.20. The molecule has 0 fully saturated rings. The predicted molar refractivity (Wildman–Crippen MR) is 107 cm³/mol. The molecule has 0 bridgehead atoms. The Morgan fingerprint density at radius 3 is 2.26 bits per heavy atom. The second-order valence-corrected chi connectivity index (χ2v) is 6.45. The minimum absolute atomic E-state index is 0.0208. The summed E-state index contributed by atoms with van der Waals surface area (Å²) in [5, 5.41) is 8.98. The zero-order valence-electron chi connectivity index (χ0n) is 16.8. The number of benzene rings is 2. The third-order valence-corrected chi connectivity index (χ3v) is 4.18. The van der Waals surface area contributed by atoms with E-state index in [0.29, 0.717) is 11.1 Å². The van der Waals surface area contributed by atoms with Gasteiger partial charge in [0.15, 0.2) is 11.6 Å². The van der Waals surface area contributed by atoms with Crippen LogP contribution in [0.4, 0.5) is 8.78 Å². The van der Waals surface area contributed by atoms with Crippen LogP contribution in [0.5, 0.6) is 23.3 Å². The van der Waals surface area contributed by atoms with Gasteiger partial charge >= 0.3 is 5.97 Å². The lowest BCUT2D eigenvalue weighted by Gasteiger charge is -2.13. The fourth-order valence-corrected chi connectivity index (χ4v) is 2.69. The molecular weight excluding hydrogens is 406 g/mol. The highest BCUT2D eigenvalue weighted by molar-refractivity contribution is 5.72. The summed E-state index contributed by atoms with van der Waals surface area (Å²) < 4.78 is 45.0. The SMILES string of the molecule is CCOC(=O)Cc1cccc(Oc2nc(Oc3cccc(C#N)c3)c(F)c(C)c2F)c1. The highest BCUT2D eigenvalue weighted by Crippen LogP contribution is 2.33. The van der Waals surface area contributed by atoms with E-state index < -0.39 is 29.4 Å². The van der Waals surface area contributed by atoms with Gasteiger partial charge in [0.1, 0.15) is 11.5 Å². The molecule has 0 spiro atoms. The lowest BCUT2D eigenvalue weighted by molar-refractivity contribution is -0.142. The smallest absolute Gasteiger partial charge is 0.310 e. The number of rotatable bonds is 7. The third-order valence-electron chi connectivity index (χ3n) is 4.18. The van der Waals surface area contributed by atoms with Crippen LogP contribution in [0.15, 0.2) is 48.5 Å². The average molecular weight is 424 g/mol. The molecule has 0 amide bonds. The highest BCUT2D eigenvalue weighted by Gasteiger charge is 2.21. The molecule has 1 aromatic heterocycles. The van der Waals surface area contributed by atoms with E-state index in [0.717, 1.165) is 0 Å². The van der Waals surface area contributed by atoms with Gasteiger partial charge in [0.25, 0.3) is 11.8 Å². The van der Waals surface area contributed by atoms with Gasteiger partial charge in [0.05, 0.1) is 24.7 Å². The Morgan fingerprint density at radius 2 is 1.65 bits per heavy atom. The first-order valence-electron chi connectivity index (χ1n) is 9.37. The van der Waals surface area contributed by atoms with Crippen molar-refractivity contribution >= 4 is 5.97 Å². The van der Waals surface area contributed by atoms with Gasteiger partial charge < -0.3 is 14.2 Å². The summed E-state index contributed by atoms with van der Waals surface area (Å²) in [5.41, 5.74) is 0.575. The predicted octanol–water partition coefficient (Wildman–Crippen LogP) is 5.23. The van der Waals surface area contributed by atoms with Crippen LogP contribution < -0.4 is 9.47 Å². The largest absolute Gasteiger partial charge is 0.466 e. The van der Waals surface area contributed by atoms with E-state index in [1.54, 1.807) is 37.3 Å². The van der Waals surface area contributed by atoms with E-state index in [2.05, 4.69) is 4.98 Å². The Kier molecular flexibility index (Phi) is 6.78. The van der Waals surface area contributed by atoms with Crippen LogP contribution in [0.3, 0.4) is 0 Å². The minimum Gasteiger partial charge on any atom is -0.466 e. The Labute approximate surface area is 177 Å². The van der Waals surface area contributed by atoms with E-state index in [4.69, 9.17) is 19.5 Å². The van der Waals surface area contributed by atoms with Crippen molar-refractivity contribution in [1.82, 2.24) is 4.98 Å². The van der Waals surface area contributed by atoms with E-state index in [1.807, 2.05) is 6.07 Å². The molecule has 0 saturated heterocycles. The molecule has 0 atom stereocenters. The minimum atomic E-state index is -0.983. The van der Waals surface area contributed by atoms with Crippen molar-refractivity contribution in [3.8, 4) is 29.3 Å². The number of pyridine rings is 1. The van der Waals surface area contributed by atoms with Crippen LogP contribution in [0, 0.1) is 29.9 Å². The number of ether oxygens (including phenoxy) is 3. The second-order valence-electron chi connectivity index (χ2n) is 6.45. The summed E-state index contributed by atoms with van der Waals surface area (Å²) in [5.74, 6) is -2.98. The summed E-state index contributed by atoms with van der Waals surface area (Å²) in [6, 6.07) is 14.4. The van der Waals surface area contributed by atoms with Crippen molar-refractivity contribution in [1.29, 1.82) is 5.26 Å². The fraction of sp³-hybridized carbons (Fsp3) is 0.174. The molecule has 0 unspecified atom stereocenters. The zero-order valence-corrected chi connectivity index (χ0v) is 16.8. The van der Waals surface area contributed by atoms with Crippen molar-refractivity contribution in [3.63, 3.8) is 0 Å². The van der Waals surface area contributed by atoms with Gasteiger partial charge in [0, 0.05) is 5.56 Å². The summed E-state index contributed by atoms with van der Waals surface area (Å²) in [4.78, 5) is 15.5. The summed E-state index contributed by atoms with van der Waals surface area (Å²) in [6.07, 6.45) is 0.0208. The molecular formula is C23H18F2N2O4. The summed E-state index contributed by atoms with van der Waals surface area (Å²) in [7, 11) is 0. The van der Waals surface area contributed by atoms with Gasteiger partial charge in [-0.05, 0) is 49.7 Å². The molecule has 0 aliphatic heterocycles. The Balaban J connectivity index is 1.88. The van der Waals surface area contributed by atoms with E-state index >= 15 is 0 Å². The Morgan fingerprint density at radius 1 is 1.03 bits per heavy atom. The molecule has 158 valence electrons. The summed E-state index contributed by atoms with van der Waals surface area (Å²) >= 11 is 0. The second kappa shape index (κ2) is 9.67. The van der Waals surface area contributed by atoms with Crippen LogP contribution >= 0.6 is 0 Å². The monoisotopic (exact) mass is 424 g/mol. The van der Waals surface area contributed by atoms with Crippen molar-refractivity contribution in [2.24, 2.45) is 0 Å². The first kappa shape index (κ1) is 21.7. The molecule has 0 saturated carbocycles. The molecule has 0 radical (unpaired) electrons. The quantitative estimate of drug-likeness (QED) is 0.483. The fourth-order valence-electron chi connectivity index (χ4n) is 2.69. The Hall–Kier alpha value is -3.99. The molecule has 3 rings (SSSR count). The number of aromatic nitrogens is 1. The number of hydrogen-bond acceptors (Lipinski definition) is 6. The van der Waals surface area contributed by atoms with Crippen molar-refractivity contribution in [3.05, 3.63) is 76.9 Å². The van der Waals surface area contributed by atoms with Crippen LogP contribution in [0.1, 0.15) is 23.6 Å². The molecule has 31 heavy (non-hydrogen) atoms. The van der Waals surface area contributed by atoms with Gasteiger partial charge in [0.2, 0.25) is 0 Å².